The molecule has 3 aromatic carbocycles. The van der Waals surface area contributed by atoms with Gasteiger partial charge in [-0.25, -0.2) is 4.90 Å². The molecule has 5 nitrogen and oxygen atoms in total. The number of hydrogen-bond acceptors (Lipinski definition) is 4. The Hall–Kier alpha value is -3.73. The highest BCUT2D eigenvalue weighted by molar-refractivity contribution is 6.22. The third kappa shape index (κ3) is 4.07. The second kappa shape index (κ2) is 9.02. The van der Waals surface area contributed by atoms with Crippen LogP contribution in [-0.4, -0.2) is 24.2 Å². The largest absolute Gasteiger partial charge is 0.483 e. The quantitative estimate of drug-likeness (QED) is 0.386. The summed E-state index contributed by atoms with van der Waals surface area (Å²) < 4.78 is 5.84. The summed E-state index contributed by atoms with van der Waals surface area (Å²) in [4.78, 5) is 40.0. The SMILES string of the molecule is O=C(COc1ccccc1N1C(=O)[C@H]2CCCC[C@H]2C1=O)c1ccc(-c2ccccc2)cc1. The van der Waals surface area contributed by atoms with E-state index >= 15 is 0 Å². The number of para-hydroxylation sites is 2. The van der Waals surface area contributed by atoms with Gasteiger partial charge in [-0.1, -0.05) is 79.6 Å². The van der Waals surface area contributed by atoms with Gasteiger partial charge in [0.25, 0.3) is 0 Å². The molecule has 166 valence electrons. The van der Waals surface area contributed by atoms with Crippen LogP contribution < -0.4 is 9.64 Å². The molecule has 33 heavy (non-hydrogen) atoms. The van der Waals surface area contributed by atoms with Crippen molar-refractivity contribution in [3.63, 3.8) is 0 Å². The van der Waals surface area contributed by atoms with Crippen LogP contribution in [0.15, 0.2) is 78.9 Å². The summed E-state index contributed by atoms with van der Waals surface area (Å²) in [5, 5.41) is 0. The molecule has 2 amide bonds. The fourth-order valence-corrected chi connectivity index (χ4v) is 4.87. The lowest BCUT2D eigenvalue weighted by atomic mass is 9.81. The third-order valence-corrected chi connectivity index (χ3v) is 6.62. The second-order valence-corrected chi connectivity index (χ2v) is 8.63. The van der Waals surface area contributed by atoms with Crippen LogP contribution in [-0.2, 0) is 9.59 Å². The average molecular weight is 440 g/mol. The first-order chi connectivity index (χ1) is 16.1. The molecule has 0 spiro atoms. The lowest BCUT2D eigenvalue weighted by Crippen LogP contribution is -2.31. The zero-order chi connectivity index (χ0) is 22.8. The molecule has 0 aromatic heterocycles. The van der Waals surface area contributed by atoms with E-state index in [2.05, 4.69) is 0 Å². The number of fused-ring (bicyclic) bond motifs is 1. The van der Waals surface area contributed by atoms with Crippen molar-refractivity contribution in [1.82, 2.24) is 0 Å². The topological polar surface area (TPSA) is 63.7 Å². The molecular formula is C28H25NO4. The van der Waals surface area contributed by atoms with Crippen molar-refractivity contribution in [2.75, 3.05) is 11.5 Å². The molecule has 5 rings (SSSR count). The number of Topliss-reactive ketones (excluding diaryl/α,β-unsaturated/α-hetero) is 1. The van der Waals surface area contributed by atoms with E-state index in [9.17, 15) is 14.4 Å². The highest BCUT2D eigenvalue weighted by Crippen LogP contribution is 2.42. The molecule has 2 fully saturated rings. The molecule has 1 aliphatic carbocycles. The van der Waals surface area contributed by atoms with E-state index in [4.69, 9.17) is 4.74 Å². The summed E-state index contributed by atoms with van der Waals surface area (Å²) >= 11 is 0. The monoisotopic (exact) mass is 439 g/mol. The van der Waals surface area contributed by atoms with Crippen LogP contribution in [0.2, 0.25) is 0 Å². The minimum atomic E-state index is -0.232. The van der Waals surface area contributed by atoms with Crippen LogP contribution in [0.3, 0.4) is 0 Å². The lowest BCUT2D eigenvalue weighted by molar-refractivity contribution is -0.122. The summed E-state index contributed by atoms with van der Waals surface area (Å²) in [6.07, 6.45) is 3.46. The number of ketones is 1. The second-order valence-electron chi connectivity index (χ2n) is 8.63. The zero-order valence-corrected chi connectivity index (χ0v) is 18.3. The number of rotatable bonds is 6. The Kier molecular flexibility index (Phi) is 5.78. The molecule has 2 atom stereocenters. The van der Waals surface area contributed by atoms with Gasteiger partial charge in [0.05, 0.1) is 17.5 Å². The van der Waals surface area contributed by atoms with Crippen LogP contribution in [0.4, 0.5) is 5.69 Å². The molecule has 3 aromatic rings. The highest BCUT2D eigenvalue weighted by Gasteiger charge is 2.49. The van der Waals surface area contributed by atoms with Crippen molar-refractivity contribution in [2.24, 2.45) is 11.8 Å². The smallest absolute Gasteiger partial charge is 0.237 e. The molecule has 1 heterocycles. The Morgan fingerprint density at radius 1 is 0.758 bits per heavy atom. The number of ether oxygens (including phenoxy) is 1. The maximum Gasteiger partial charge on any atom is 0.237 e. The average Bonchev–Trinajstić information content (AvgIpc) is 3.13. The maximum absolute atomic E-state index is 13.0. The fourth-order valence-electron chi connectivity index (χ4n) is 4.87. The summed E-state index contributed by atoms with van der Waals surface area (Å²) in [5.41, 5.74) is 3.09. The van der Waals surface area contributed by atoms with Gasteiger partial charge < -0.3 is 4.74 Å². The molecule has 1 saturated heterocycles. The van der Waals surface area contributed by atoms with Crippen molar-refractivity contribution in [1.29, 1.82) is 0 Å². The highest BCUT2D eigenvalue weighted by atomic mass is 16.5. The van der Waals surface area contributed by atoms with Crippen molar-refractivity contribution in [3.8, 4) is 16.9 Å². The summed E-state index contributed by atoms with van der Waals surface area (Å²) in [5.74, 6) is -0.565. The van der Waals surface area contributed by atoms with Gasteiger partial charge in [-0.3, -0.25) is 14.4 Å². The number of imide groups is 1. The van der Waals surface area contributed by atoms with Gasteiger partial charge >= 0.3 is 0 Å². The Labute approximate surface area is 193 Å². The van der Waals surface area contributed by atoms with E-state index in [1.165, 1.54) is 4.90 Å². The predicted octanol–water partition coefficient (Wildman–Crippen LogP) is 5.29. The molecule has 1 aliphatic heterocycles. The number of carbonyl (C=O) groups is 3. The lowest BCUT2D eigenvalue weighted by Gasteiger charge is -2.19. The number of nitrogens with zero attached hydrogens (tertiary/aromatic N) is 1. The Bertz CT molecular complexity index is 1160. The molecular weight excluding hydrogens is 414 g/mol. The van der Waals surface area contributed by atoms with Gasteiger partial charge in [0, 0.05) is 5.56 Å². The molecule has 0 N–H and O–H groups in total. The Balaban J connectivity index is 1.31. The minimum Gasteiger partial charge on any atom is -0.483 e. The fraction of sp³-hybridized carbons (Fsp3) is 0.250. The number of benzene rings is 3. The number of amides is 2. The summed E-state index contributed by atoms with van der Waals surface area (Å²) in [6, 6.07) is 24.3. The normalized spacial score (nSPS) is 19.9. The third-order valence-electron chi connectivity index (χ3n) is 6.62. The first-order valence-electron chi connectivity index (χ1n) is 11.4. The van der Waals surface area contributed by atoms with Gasteiger partial charge in [0.1, 0.15) is 5.75 Å². The molecule has 2 aliphatic rings. The van der Waals surface area contributed by atoms with E-state index in [1.807, 2.05) is 42.5 Å². The van der Waals surface area contributed by atoms with E-state index in [0.717, 1.165) is 36.8 Å². The Morgan fingerprint density at radius 3 is 2.00 bits per heavy atom. The van der Waals surface area contributed by atoms with Gasteiger partial charge in [0.2, 0.25) is 11.8 Å². The van der Waals surface area contributed by atoms with Gasteiger partial charge in [-0.15, -0.1) is 0 Å². The van der Waals surface area contributed by atoms with Crippen LogP contribution in [0, 0.1) is 11.8 Å². The molecule has 0 bridgehead atoms. The first kappa shape index (κ1) is 21.1. The van der Waals surface area contributed by atoms with Gasteiger partial charge in [-0.05, 0) is 36.1 Å². The molecule has 0 unspecified atom stereocenters. The summed E-state index contributed by atoms with van der Waals surface area (Å²) in [7, 11) is 0. The van der Waals surface area contributed by atoms with Gasteiger partial charge in [0.15, 0.2) is 12.4 Å². The minimum absolute atomic E-state index is 0.149. The zero-order valence-electron chi connectivity index (χ0n) is 18.3. The van der Waals surface area contributed by atoms with Crippen LogP contribution in [0.25, 0.3) is 11.1 Å². The molecule has 0 radical (unpaired) electrons. The van der Waals surface area contributed by atoms with E-state index < -0.39 is 0 Å². The van der Waals surface area contributed by atoms with Gasteiger partial charge in [-0.2, -0.15) is 0 Å². The van der Waals surface area contributed by atoms with Crippen molar-refractivity contribution >= 4 is 23.3 Å². The molecule has 5 heteroatoms. The number of carbonyl (C=O) groups excluding carboxylic acids is 3. The van der Waals surface area contributed by atoms with E-state index in [-0.39, 0.29) is 36.0 Å². The van der Waals surface area contributed by atoms with E-state index in [1.54, 1.807) is 36.4 Å². The predicted molar refractivity (Wildman–Crippen MR) is 126 cm³/mol. The Morgan fingerprint density at radius 2 is 1.33 bits per heavy atom. The van der Waals surface area contributed by atoms with Crippen molar-refractivity contribution in [2.45, 2.75) is 25.7 Å². The summed E-state index contributed by atoms with van der Waals surface area (Å²) in [6.45, 7) is -0.176. The standard InChI is InChI=1S/C28H25NO4/c30-25(21-16-14-20(15-17-21)19-8-2-1-3-9-19)18-33-26-13-7-6-12-24(26)29-27(31)22-10-4-5-11-23(22)28(29)32/h1-3,6-9,12-17,22-23H,4-5,10-11,18H2/t22-,23+. The van der Waals surface area contributed by atoms with Crippen LogP contribution in [0.5, 0.6) is 5.75 Å². The van der Waals surface area contributed by atoms with Crippen molar-refractivity contribution in [3.05, 3.63) is 84.4 Å². The van der Waals surface area contributed by atoms with Crippen LogP contribution >= 0.6 is 0 Å². The first-order valence-corrected chi connectivity index (χ1v) is 11.4. The number of anilines is 1. The molecule has 1 saturated carbocycles. The maximum atomic E-state index is 13.0. The van der Waals surface area contributed by atoms with Crippen molar-refractivity contribution < 1.29 is 19.1 Å². The van der Waals surface area contributed by atoms with Crippen LogP contribution in [0.1, 0.15) is 36.0 Å². The van der Waals surface area contributed by atoms with E-state index in [0.29, 0.717) is 17.0 Å². The number of hydrogen-bond donors (Lipinski definition) is 0.